The molecular formula is C9H19NO3S2. The standard InChI is InChI=1S/C9H19NO3S2/c1-13-5-3-2-4-6-14-15-7-8(10)9(11)12/h8H,2-7,10H2,1H3,(H,11,12). The highest BCUT2D eigenvalue weighted by Crippen LogP contribution is 2.23. The van der Waals surface area contributed by atoms with E-state index in [-0.39, 0.29) is 0 Å². The van der Waals surface area contributed by atoms with Crippen molar-refractivity contribution in [2.45, 2.75) is 25.3 Å². The summed E-state index contributed by atoms with van der Waals surface area (Å²) in [5, 5.41) is 8.52. The van der Waals surface area contributed by atoms with Gasteiger partial charge in [0.15, 0.2) is 0 Å². The maximum Gasteiger partial charge on any atom is 0.321 e. The summed E-state index contributed by atoms with van der Waals surface area (Å²) in [6, 6.07) is -0.740. The lowest BCUT2D eigenvalue weighted by Gasteiger charge is -2.05. The Morgan fingerprint density at radius 1 is 1.40 bits per heavy atom. The Kier molecular flexibility index (Phi) is 10.7. The Balaban J connectivity index is 3.08. The molecule has 6 heteroatoms. The molecule has 0 amide bonds. The summed E-state index contributed by atoms with van der Waals surface area (Å²) in [7, 11) is 4.93. The predicted octanol–water partition coefficient (Wildman–Crippen LogP) is 1.60. The van der Waals surface area contributed by atoms with E-state index in [9.17, 15) is 4.79 Å². The minimum Gasteiger partial charge on any atom is -0.480 e. The summed E-state index contributed by atoms with van der Waals surface area (Å²) in [5.41, 5.74) is 5.35. The van der Waals surface area contributed by atoms with Gasteiger partial charge in [0.25, 0.3) is 0 Å². The smallest absolute Gasteiger partial charge is 0.321 e. The normalized spacial score (nSPS) is 12.7. The topological polar surface area (TPSA) is 72.5 Å². The molecule has 0 heterocycles. The second kappa shape index (κ2) is 10.6. The van der Waals surface area contributed by atoms with E-state index < -0.39 is 12.0 Å². The molecule has 0 aromatic heterocycles. The second-order valence-electron chi connectivity index (χ2n) is 3.10. The number of carboxylic acids is 1. The molecule has 0 spiro atoms. The van der Waals surface area contributed by atoms with Gasteiger partial charge < -0.3 is 15.6 Å². The first-order valence-corrected chi connectivity index (χ1v) is 7.39. The summed E-state index contributed by atoms with van der Waals surface area (Å²) < 4.78 is 4.93. The van der Waals surface area contributed by atoms with E-state index in [1.54, 1.807) is 17.9 Å². The summed E-state index contributed by atoms with van der Waals surface area (Å²) >= 11 is 0. The molecule has 0 aromatic carbocycles. The molecule has 3 N–H and O–H groups in total. The Bertz CT molecular complexity index is 169. The van der Waals surface area contributed by atoms with Crippen LogP contribution in [0.3, 0.4) is 0 Å². The molecule has 0 rings (SSSR count). The third-order valence-electron chi connectivity index (χ3n) is 1.72. The number of hydrogen-bond acceptors (Lipinski definition) is 5. The molecule has 90 valence electrons. The minimum absolute atomic E-state index is 0.470. The lowest BCUT2D eigenvalue weighted by molar-refractivity contribution is -0.137. The van der Waals surface area contributed by atoms with Crippen molar-refractivity contribution >= 4 is 27.6 Å². The first-order valence-electron chi connectivity index (χ1n) is 4.90. The number of unbranched alkanes of at least 4 members (excludes halogenated alkanes) is 2. The molecule has 1 atom stereocenters. The fourth-order valence-electron chi connectivity index (χ4n) is 0.836. The van der Waals surface area contributed by atoms with Crippen molar-refractivity contribution in [1.29, 1.82) is 0 Å². The van der Waals surface area contributed by atoms with Gasteiger partial charge in [0.1, 0.15) is 6.04 Å². The number of rotatable bonds is 10. The van der Waals surface area contributed by atoms with Gasteiger partial charge in [-0.3, -0.25) is 4.79 Å². The number of methoxy groups -OCH3 is 1. The Labute approximate surface area is 98.7 Å². The highest BCUT2D eigenvalue weighted by atomic mass is 33.1. The van der Waals surface area contributed by atoms with Crippen molar-refractivity contribution in [3.05, 3.63) is 0 Å². The minimum atomic E-state index is -0.928. The van der Waals surface area contributed by atoms with Crippen LogP contribution in [0.2, 0.25) is 0 Å². The first kappa shape index (κ1) is 15.1. The maximum atomic E-state index is 10.4. The van der Waals surface area contributed by atoms with Crippen LogP contribution in [0.25, 0.3) is 0 Å². The predicted molar refractivity (Wildman–Crippen MR) is 66.3 cm³/mol. The number of aliphatic carboxylic acids is 1. The quantitative estimate of drug-likeness (QED) is 0.455. The highest BCUT2D eigenvalue weighted by molar-refractivity contribution is 8.76. The van der Waals surface area contributed by atoms with Crippen LogP contribution in [0.4, 0.5) is 0 Å². The maximum absolute atomic E-state index is 10.4. The Morgan fingerprint density at radius 2 is 2.13 bits per heavy atom. The van der Waals surface area contributed by atoms with Crippen molar-refractivity contribution < 1.29 is 14.6 Å². The summed E-state index contributed by atoms with van der Waals surface area (Å²) in [5.74, 6) is 0.585. The monoisotopic (exact) mass is 253 g/mol. The van der Waals surface area contributed by atoms with Gasteiger partial charge >= 0.3 is 5.97 Å². The van der Waals surface area contributed by atoms with Crippen LogP contribution < -0.4 is 5.73 Å². The molecular weight excluding hydrogens is 234 g/mol. The molecule has 0 aliphatic carbocycles. The molecule has 0 saturated heterocycles. The van der Waals surface area contributed by atoms with Crippen molar-refractivity contribution in [2.75, 3.05) is 25.2 Å². The van der Waals surface area contributed by atoms with E-state index in [0.29, 0.717) is 5.75 Å². The zero-order valence-corrected chi connectivity index (χ0v) is 10.6. The van der Waals surface area contributed by atoms with Gasteiger partial charge in [0, 0.05) is 25.2 Å². The third kappa shape index (κ3) is 10.4. The number of carbonyl (C=O) groups is 1. The molecule has 0 aliphatic rings. The Morgan fingerprint density at radius 3 is 2.73 bits per heavy atom. The van der Waals surface area contributed by atoms with Crippen LogP contribution in [-0.2, 0) is 9.53 Å². The molecule has 1 unspecified atom stereocenters. The molecule has 0 fully saturated rings. The van der Waals surface area contributed by atoms with Crippen LogP contribution in [0.1, 0.15) is 19.3 Å². The van der Waals surface area contributed by atoms with Crippen LogP contribution in [0.5, 0.6) is 0 Å². The van der Waals surface area contributed by atoms with Gasteiger partial charge in [0.2, 0.25) is 0 Å². The van der Waals surface area contributed by atoms with Gasteiger partial charge in [-0.05, 0) is 12.8 Å². The van der Waals surface area contributed by atoms with E-state index in [1.807, 2.05) is 0 Å². The number of hydrogen-bond donors (Lipinski definition) is 2. The summed E-state index contributed by atoms with van der Waals surface area (Å²) in [4.78, 5) is 10.4. The first-order chi connectivity index (χ1) is 7.18. The number of carboxylic acid groups (broad SMARTS) is 1. The molecule has 15 heavy (non-hydrogen) atoms. The molecule has 4 nitrogen and oxygen atoms in total. The number of ether oxygens (including phenoxy) is 1. The molecule has 0 aliphatic heterocycles. The van der Waals surface area contributed by atoms with E-state index in [1.165, 1.54) is 10.8 Å². The zero-order chi connectivity index (χ0) is 11.5. The fraction of sp³-hybridized carbons (Fsp3) is 0.889. The van der Waals surface area contributed by atoms with E-state index >= 15 is 0 Å². The van der Waals surface area contributed by atoms with Gasteiger partial charge in [0.05, 0.1) is 0 Å². The van der Waals surface area contributed by atoms with Crippen LogP contribution in [0.15, 0.2) is 0 Å². The number of nitrogens with two attached hydrogens (primary N) is 1. The van der Waals surface area contributed by atoms with Crippen molar-refractivity contribution in [3.8, 4) is 0 Å². The van der Waals surface area contributed by atoms with E-state index in [0.717, 1.165) is 31.6 Å². The largest absolute Gasteiger partial charge is 0.480 e. The average molecular weight is 253 g/mol. The van der Waals surface area contributed by atoms with Crippen LogP contribution in [-0.4, -0.2) is 42.3 Å². The molecule has 0 bridgehead atoms. The van der Waals surface area contributed by atoms with Crippen molar-refractivity contribution in [1.82, 2.24) is 0 Å². The third-order valence-corrected chi connectivity index (χ3v) is 4.25. The van der Waals surface area contributed by atoms with E-state index in [2.05, 4.69) is 0 Å². The fourth-order valence-corrected chi connectivity index (χ4v) is 3.10. The molecule has 0 radical (unpaired) electrons. The van der Waals surface area contributed by atoms with E-state index in [4.69, 9.17) is 15.6 Å². The summed E-state index contributed by atoms with van der Waals surface area (Å²) in [6.45, 7) is 0.821. The van der Waals surface area contributed by atoms with Gasteiger partial charge in [-0.25, -0.2) is 0 Å². The van der Waals surface area contributed by atoms with Crippen LogP contribution >= 0.6 is 21.6 Å². The molecule has 0 saturated carbocycles. The van der Waals surface area contributed by atoms with Crippen LogP contribution in [0, 0.1) is 0 Å². The summed E-state index contributed by atoms with van der Waals surface area (Å²) in [6.07, 6.45) is 3.39. The average Bonchev–Trinajstić information content (AvgIpc) is 2.21. The van der Waals surface area contributed by atoms with Gasteiger partial charge in [-0.1, -0.05) is 28.0 Å². The van der Waals surface area contributed by atoms with Crippen molar-refractivity contribution in [2.24, 2.45) is 5.73 Å². The lowest BCUT2D eigenvalue weighted by Crippen LogP contribution is -2.32. The van der Waals surface area contributed by atoms with Gasteiger partial charge in [-0.2, -0.15) is 0 Å². The Hall–Kier alpha value is 0.0900. The molecule has 0 aromatic rings. The second-order valence-corrected chi connectivity index (χ2v) is 5.73. The SMILES string of the molecule is COCCCCCSSCC(N)C(=O)O. The van der Waals surface area contributed by atoms with Crippen molar-refractivity contribution in [3.63, 3.8) is 0 Å². The van der Waals surface area contributed by atoms with Gasteiger partial charge in [-0.15, -0.1) is 0 Å². The highest BCUT2D eigenvalue weighted by Gasteiger charge is 2.10. The zero-order valence-electron chi connectivity index (χ0n) is 8.98. The lowest BCUT2D eigenvalue weighted by atomic mass is 10.3.